The molecule has 0 aromatic rings. The van der Waals surface area contributed by atoms with E-state index in [1.165, 1.54) is 12.8 Å². The smallest absolute Gasteiger partial charge is 0.146 e. The lowest BCUT2D eigenvalue weighted by atomic mass is 10.1. The molecule has 0 amide bonds. The maximum Gasteiger partial charge on any atom is 0.146 e. The van der Waals surface area contributed by atoms with E-state index in [4.69, 9.17) is 9.84 Å². The van der Waals surface area contributed by atoms with Crippen LogP contribution in [0.5, 0.6) is 0 Å². The molecule has 0 aromatic heterocycles. The topological polar surface area (TPSA) is 102 Å². The maximum absolute atomic E-state index is 11.3. The lowest BCUT2D eigenvalue weighted by Crippen LogP contribution is -2.32. The Morgan fingerprint density at radius 1 is 0.738 bits per heavy atom. The Hall–Kier alpha value is -1.23. The van der Waals surface area contributed by atoms with Crippen molar-refractivity contribution < 1.29 is 24.2 Å². The molecule has 0 aromatic carbocycles. The molecule has 1 fully saturated rings. The SMILES string of the molecule is C1CCOC1.CC.CCC(=O)CN(C)CCCCN(C)CCCCC(NC)C(C)=O.CCC(=O)CN(C)CCCCO. The minimum atomic E-state index is 0.0154. The van der Waals surface area contributed by atoms with Crippen LogP contribution >= 0.6 is 0 Å². The van der Waals surface area contributed by atoms with Gasteiger partial charge in [0.15, 0.2) is 0 Å². The highest BCUT2D eigenvalue weighted by molar-refractivity contribution is 5.81. The zero-order chi connectivity index (χ0) is 32.6. The summed E-state index contributed by atoms with van der Waals surface area (Å²) in [7, 11) is 7.96. The van der Waals surface area contributed by atoms with Crippen LogP contribution in [0.15, 0.2) is 0 Å². The number of Topliss-reactive ketones (excluding diaryl/α,β-unsaturated/α-hetero) is 3. The van der Waals surface area contributed by atoms with E-state index in [9.17, 15) is 14.4 Å². The van der Waals surface area contributed by atoms with Gasteiger partial charge in [-0.25, -0.2) is 0 Å². The largest absolute Gasteiger partial charge is 0.396 e. The van der Waals surface area contributed by atoms with Crippen LogP contribution in [-0.2, 0) is 19.1 Å². The fourth-order valence-corrected chi connectivity index (χ4v) is 4.14. The van der Waals surface area contributed by atoms with Gasteiger partial charge in [-0.15, -0.1) is 0 Å². The summed E-state index contributed by atoms with van der Waals surface area (Å²) in [4.78, 5) is 40.1. The van der Waals surface area contributed by atoms with E-state index in [2.05, 4.69) is 22.2 Å². The van der Waals surface area contributed by atoms with Gasteiger partial charge in [0.05, 0.1) is 19.1 Å². The number of ketones is 3. The molecule has 252 valence electrons. The van der Waals surface area contributed by atoms with Crippen molar-refractivity contribution in [3.63, 3.8) is 0 Å². The number of ether oxygens (including phenoxy) is 1. The van der Waals surface area contributed by atoms with E-state index in [1.54, 1.807) is 6.92 Å². The van der Waals surface area contributed by atoms with Gasteiger partial charge in [-0.3, -0.25) is 24.2 Å². The van der Waals surface area contributed by atoms with E-state index in [-0.39, 0.29) is 24.2 Å². The predicted molar refractivity (Wildman–Crippen MR) is 177 cm³/mol. The number of nitrogens with one attached hydrogen (secondary N) is 1. The lowest BCUT2D eigenvalue weighted by molar-refractivity contribution is -0.120. The average molecular weight is 603 g/mol. The van der Waals surface area contributed by atoms with Crippen LogP contribution in [0.3, 0.4) is 0 Å². The summed E-state index contributed by atoms with van der Waals surface area (Å²) >= 11 is 0. The number of likely N-dealkylation sites (N-methyl/N-ethyl adjacent to an activating group) is 3. The molecule has 0 radical (unpaired) electrons. The Morgan fingerprint density at radius 3 is 1.48 bits per heavy atom. The van der Waals surface area contributed by atoms with Gasteiger partial charge in [-0.05, 0) is 113 Å². The molecule has 1 saturated heterocycles. The van der Waals surface area contributed by atoms with Gasteiger partial charge in [0.1, 0.15) is 17.3 Å². The van der Waals surface area contributed by atoms with Crippen LogP contribution in [0.1, 0.15) is 105 Å². The molecule has 42 heavy (non-hydrogen) atoms. The molecule has 1 unspecified atom stereocenters. The van der Waals surface area contributed by atoms with E-state index < -0.39 is 0 Å². The first kappa shape index (κ1) is 45.2. The highest BCUT2D eigenvalue weighted by Crippen LogP contribution is 2.04. The van der Waals surface area contributed by atoms with E-state index in [0.717, 1.165) is 84.3 Å². The molecule has 1 aliphatic rings. The zero-order valence-corrected chi connectivity index (χ0v) is 29.1. The quantitative estimate of drug-likeness (QED) is 0.174. The lowest BCUT2D eigenvalue weighted by Gasteiger charge is -2.19. The first-order chi connectivity index (χ1) is 20.1. The van der Waals surface area contributed by atoms with Gasteiger partial charge in [-0.1, -0.05) is 34.1 Å². The molecule has 9 heteroatoms. The van der Waals surface area contributed by atoms with Crippen molar-refractivity contribution in [3.05, 3.63) is 0 Å². The second-order valence-corrected chi connectivity index (χ2v) is 11.0. The summed E-state index contributed by atoms with van der Waals surface area (Å²) in [6.45, 7) is 16.9. The molecular formula is C33H70N4O5. The summed E-state index contributed by atoms with van der Waals surface area (Å²) in [6.07, 6.45) is 11.0. The fourth-order valence-electron chi connectivity index (χ4n) is 4.14. The molecule has 0 spiro atoms. The second kappa shape index (κ2) is 34.3. The number of carbonyl (C=O) groups excluding carboxylic acids is 3. The highest BCUT2D eigenvalue weighted by atomic mass is 16.5. The molecular weight excluding hydrogens is 532 g/mol. The second-order valence-electron chi connectivity index (χ2n) is 11.0. The van der Waals surface area contributed by atoms with Crippen molar-refractivity contribution in [1.29, 1.82) is 0 Å². The number of hydrogen-bond donors (Lipinski definition) is 2. The van der Waals surface area contributed by atoms with Crippen molar-refractivity contribution in [1.82, 2.24) is 20.0 Å². The van der Waals surface area contributed by atoms with Crippen LogP contribution in [0.4, 0.5) is 0 Å². The third kappa shape index (κ3) is 33.3. The summed E-state index contributed by atoms with van der Waals surface area (Å²) in [5.74, 6) is 0.822. The third-order valence-corrected chi connectivity index (χ3v) is 6.91. The normalized spacial score (nSPS) is 13.1. The summed E-state index contributed by atoms with van der Waals surface area (Å²) in [6, 6.07) is 0.0154. The van der Waals surface area contributed by atoms with E-state index >= 15 is 0 Å². The Morgan fingerprint density at radius 2 is 1.14 bits per heavy atom. The first-order valence-electron chi connectivity index (χ1n) is 16.6. The summed E-state index contributed by atoms with van der Waals surface area (Å²) in [5, 5.41) is 11.6. The number of nitrogens with zero attached hydrogens (tertiary/aromatic N) is 3. The minimum absolute atomic E-state index is 0.0154. The van der Waals surface area contributed by atoms with Crippen LogP contribution in [-0.4, -0.2) is 130 Å². The fraction of sp³-hybridized carbons (Fsp3) is 0.909. The summed E-state index contributed by atoms with van der Waals surface area (Å²) in [5.41, 5.74) is 0. The number of rotatable bonds is 22. The van der Waals surface area contributed by atoms with E-state index in [1.807, 2.05) is 53.7 Å². The molecule has 2 N–H and O–H groups in total. The number of hydrogen-bond acceptors (Lipinski definition) is 9. The van der Waals surface area contributed by atoms with Crippen LogP contribution in [0.2, 0.25) is 0 Å². The average Bonchev–Trinajstić information content (AvgIpc) is 3.57. The van der Waals surface area contributed by atoms with Gasteiger partial charge in [-0.2, -0.15) is 0 Å². The number of aliphatic hydroxyl groups is 1. The van der Waals surface area contributed by atoms with Crippen molar-refractivity contribution in [2.24, 2.45) is 0 Å². The Kier molecular flexibility index (Phi) is 36.9. The number of unbranched alkanes of at least 4 members (excludes halogenated alkanes) is 3. The molecule has 0 saturated carbocycles. The van der Waals surface area contributed by atoms with Gasteiger partial charge in [0, 0.05) is 32.7 Å². The van der Waals surface area contributed by atoms with E-state index in [0.29, 0.717) is 31.7 Å². The molecule has 1 atom stereocenters. The molecule has 0 aliphatic carbocycles. The van der Waals surface area contributed by atoms with Crippen LogP contribution in [0, 0.1) is 0 Å². The van der Waals surface area contributed by atoms with Crippen LogP contribution < -0.4 is 5.32 Å². The molecule has 0 bridgehead atoms. The van der Waals surface area contributed by atoms with Crippen molar-refractivity contribution in [2.75, 3.05) is 87.3 Å². The van der Waals surface area contributed by atoms with Gasteiger partial charge in [0.2, 0.25) is 0 Å². The zero-order valence-electron chi connectivity index (χ0n) is 29.1. The maximum atomic E-state index is 11.3. The monoisotopic (exact) mass is 603 g/mol. The predicted octanol–water partition coefficient (Wildman–Crippen LogP) is 4.45. The molecule has 9 nitrogen and oxygen atoms in total. The third-order valence-electron chi connectivity index (χ3n) is 6.91. The Labute approximate surface area is 260 Å². The highest BCUT2D eigenvalue weighted by Gasteiger charge is 2.10. The van der Waals surface area contributed by atoms with Gasteiger partial charge >= 0.3 is 0 Å². The molecule has 1 rings (SSSR count). The standard InChI is InChI=1S/C18H37N3O2.C9H19NO2.C4H8O.C2H6/c1-6-17(23)15-21(5)14-10-9-13-20(4)12-8-7-11-18(19-3)16(2)22;1-3-9(12)8-10(2)6-4-5-7-11;1-2-4-5-3-1;1-2/h18-19H,6-15H2,1-5H3;11H,3-8H2,1-2H3;1-4H2;1-2H3. The Balaban J connectivity index is -0.000000657. The summed E-state index contributed by atoms with van der Waals surface area (Å²) < 4.78 is 4.94. The first-order valence-corrected chi connectivity index (χ1v) is 16.6. The van der Waals surface area contributed by atoms with Gasteiger partial charge in [0.25, 0.3) is 0 Å². The Bertz CT molecular complexity index is 610. The minimum Gasteiger partial charge on any atom is -0.396 e. The molecule has 1 aliphatic heterocycles. The number of aliphatic hydroxyl groups excluding tert-OH is 1. The molecule has 1 heterocycles. The van der Waals surface area contributed by atoms with Crippen LogP contribution in [0.25, 0.3) is 0 Å². The van der Waals surface area contributed by atoms with Crippen molar-refractivity contribution in [2.45, 2.75) is 111 Å². The number of carbonyl (C=O) groups is 3. The van der Waals surface area contributed by atoms with Crippen molar-refractivity contribution >= 4 is 17.3 Å². The van der Waals surface area contributed by atoms with Crippen molar-refractivity contribution in [3.8, 4) is 0 Å². The van der Waals surface area contributed by atoms with Gasteiger partial charge < -0.3 is 20.1 Å².